The van der Waals surface area contributed by atoms with Crippen LogP contribution in [0.25, 0.3) is 0 Å². The van der Waals surface area contributed by atoms with Gasteiger partial charge in [0.05, 0.1) is 5.41 Å². The lowest BCUT2D eigenvalue weighted by atomic mass is 9.64. The zero-order valence-electron chi connectivity index (χ0n) is 13.5. The lowest BCUT2D eigenvalue weighted by Crippen LogP contribution is -2.47. The van der Waals surface area contributed by atoms with Crippen LogP contribution >= 0.6 is 34.8 Å². The highest BCUT2D eigenvalue weighted by Gasteiger charge is 2.73. The highest BCUT2D eigenvalue weighted by atomic mass is 35.6. The number of rotatable bonds is 4. The monoisotopic (exact) mass is 384 g/mol. The van der Waals surface area contributed by atoms with Crippen molar-refractivity contribution in [3.05, 3.63) is 0 Å². The Labute approximate surface area is 151 Å². The lowest BCUT2D eigenvalue weighted by Gasteiger charge is -2.40. The second kappa shape index (κ2) is 5.94. The van der Waals surface area contributed by atoms with E-state index in [1.165, 1.54) is 0 Å². The Morgan fingerprint density at radius 2 is 1.87 bits per heavy atom. The predicted octanol–water partition coefficient (Wildman–Crippen LogP) is 2.56. The van der Waals surface area contributed by atoms with Gasteiger partial charge in [-0.3, -0.25) is 4.79 Å². The number of halogens is 3. The maximum absolute atomic E-state index is 12.8. The molecule has 132 valence electrons. The average molecular weight is 386 g/mol. The minimum absolute atomic E-state index is 0.0379. The Bertz CT molecular complexity index is 521. The van der Waals surface area contributed by atoms with E-state index in [9.17, 15) is 9.59 Å². The summed E-state index contributed by atoms with van der Waals surface area (Å²) in [5.41, 5.74) is 4.18. The normalized spacial score (nSPS) is 35.2. The number of carbonyl (C=O) groups excluding carboxylic acids is 2. The first kappa shape index (κ1) is 19.1. The van der Waals surface area contributed by atoms with E-state index in [1.807, 2.05) is 20.8 Å². The average Bonchev–Trinajstić information content (AvgIpc) is 2.74. The van der Waals surface area contributed by atoms with Crippen LogP contribution in [0.5, 0.6) is 0 Å². The molecule has 8 heteroatoms. The van der Waals surface area contributed by atoms with Gasteiger partial charge in [0.25, 0.3) is 3.79 Å². The van der Waals surface area contributed by atoms with Crippen molar-refractivity contribution in [3.63, 3.8) is 0 Å². The molecule has 2 rings (SSSR count). The first-order chi connectivity index (χ1) is 10.4. The van der Waals surface area contributed by atoms with E-state index in [-0.39, 0.29) is 16.7 Å². The maximum atomic E-state index is 12.8. The Hall–Kier alpha value is -0.230. The standard InChI is InChI=1S/C15H23Cl3N2O3/c1-12(2)13(3)4-5-14(12,10(21)20-7-6-19)8-9(13)23-11(22)15(16,17)18/h9H,4-8,19H2,1-3H3,(H,20,21)/t9-,13-,14+/m0/s1. The van der Waals surface area contributed by atoms with Gasteiger partial charge < -0.3 is 15.8 Å². The van der Waals surface area contributed by atoms with Gasteiger partial charge >= 0.3 is 5.97 Å². The van der Waals surface area contributed by atoms with Gasteiger partial charge in [0.2, 0.25) is 5.91 Å². The number of hydrogen-bond acceptors (Lipinski definition) is 4. The number of carbonyl (C=O) groups is 2. The summed E-state index contributed by atoms with van der Waals surface area (Å²) in [4.78, 5) is 24.7. The van der Waals surface area contributed by atoms with E-state index in [4.69, 9.17) is 45.3 Å². The number of esters is 1. The molecule has 0 spiro atoms. The molecule has 0 radical (unpaired) electrons. The fourth-order valence-corrected chi connectivity index (χ4v) is 4.45. The molecule has 2 bridgehead atoms. The topological polar surface area (TPSA) is 81.4 Å². The summed E-state index contributed by atoms with van der Waals surface area (Å²) in [6.45, 7) is 6.93. The van der Waals surface area contributed by atoms with Crippen molar-refractivity contribution in [2.75, 3.05) is 13.1 Å². The zero-order valence-corrected chi connectivity index (χ0v) is 15.8. The van der Waals surface area contributed by atoms with Gasteiger partial charge in [-0.05, 0) is 24.7 Å². The third kappa shape index (κ3) is 2.74. The molecule has 2 aliphatic carbocycles. The molecule has 2 fully saturated rings. The molecule has 1 amide bonds. The van der Waals surface area contributed by atoms with Crippen LogP contribution in [0.1, 0.15) is 40.0 Å². The molecule has 0 saturated heterocycles. The molecule has 0 heterocycles. The molecule has 0 unspecified atom stereocenters. The molecule has 0 aromatic rings. The highest BCUT2D eigenvalue weighted by molar-refractivity contribution is 6.75. The fourth-order valence-electron chi connectivity index (χ4n) is 4.32. The van der Waals surface area contributed by atoms with Crippen LogP contribution < -0.4 is 11.1 Å². The van der Waals surface area contributed by atoms with Crippen molar-refractivity contribution < 1.29 is 14.3 Å². The van der Waals surface area contributed by atoms with Gasteiger partial charge in [-0.25, -0.2) is 4.79 Å². The van der Waals surface area contributed by atoms with Crippen molar-refractivity contribution in [2.45, 2.75) is 49.9 Å². The minimum atomic E-state index is -2.11. The summed E-state index contributed by atoms with van der Waals surface area (Å²) in [6, 6.07) is 0. The summed E-state index contributed by atoms with van der Waals surface area (Å²) < 4.78 is 3.37. The maximum Gasteiger partial charge on any atom is 0.358 e. The van der Waals surface area contributed by atoms with Crippen LogP contribution in [0, 0.1) is 16.2 Å². The van der Waals surface area contributed by atoms with Crippen LogP contribution in [0.15, 0.2) is 0 Å². The molecular formula is C15H23Cl3N2O3. The second-order valence-corrected chi connectivity index (χ2v) is 9.55. The molecule has 0 aliphatic heterocycles. The summed E-state index contributed by atoms with van der Waals surface area (Å²) in [6.07, 6.45) is 1.49. The van der Waals surface area contributed by atoms with Crippen LogP contribution in [0.3, 0.4) is 0 Å². The zero-order chi connectivity index (χ0) is 17.7. The van der Waals surface area contributed by atoms with E-state index in [2.05, 4.69) is 5.32 Å². The molecular weight excluding hydrogens is 363 g/mol. The molecule has 2 aliphatic rings. The third-order valence-corrected chi connectivity index (χ3v) is 6.75. The van der Waals surface area contributed by atoms with Crippen molar-refractivity contribution in [1.82, 2.24) is 5.32 Å². The number of nitrogens with two attached hydrogens (primary N) is 1. The van der Waals surface area contributed by atoms with Crippen molar-refractivity contribution in [3.8, 4) is 0 Å². The van der Waals surface area contributed by atoms with Gasteiger partial charge in [0, 0.05) is 18.5 Å². The van der Waals surface area contributed by atoms with Crippen LogP contribution in [0.2, 0.25) is 0 Å². The smallest absolute Gasteiger partial charge is 0.358 e. The molecule has 0 aromatic heterocycles. The Morgan fingerprint density at radius 3 is 2.39 bits per heavy atom. The number of amides is 1. The quantitative estimate of drug-likeness (QED) is 0.575. The number of fused-ring (bicyclic) bond motifs is 2. The van der Waals surface area contributed by atoms with Crippen LogP contribution in [-0.4, -0.2) is 34.9 Å². The summed E-state index contributed by atoms with van der Waals surface area (Å²) in [7, 11) is 0. The molecule has 23 heavy (non-hydrogen) atoms. The number of ether oxygens (including phenoxy) is 1. The summed E-state index contributed by atoms with van der Waals surface area (Å²) in [5, 5.41) is 2.89. The number of hydrogen-bond donors (Lipinski definition) is 2. The first-order valence-electron chi connectivity index (χ1n) is 7.68. The Balaban J connectivity index is 2.28. The minimum Gasteiger partial charge on any atom is -0.459 e. The lowest BCUT2D eigenvalue weighted by molar-refractivity contribution is -0.156. The SMILES string of the molecule is CC1(C)[C@]2(C(=O)NCCN)CC[C@@]1(C)[C@@H](OC(=O)C(Cl)(Cl)Cl)C2. The van der Waals surface area contributed by atoms with E-state index >= 15 is 0 Å². The van der Waals surface area contributed by atoms with Gasteiger partial charge in [-0.2, -0.15) is 0 Å². The molecule has 2 saturated carbocycles. The first-order valence-corrected chi connectivity index (χ1v) is 8.82. The van der Waals surface area contributed by atoms with Crippen LogP contribution in [-0.2, 0) is 14.3 Å². The van der Waals surface area contributed by atoms with Gasteiger partial charge in [0.15, 0.2) is 0 Å². The molecule has 5 nitrogen and oxygen atoms in total. The van der Waals surface area contributed by atoms with E-state index in [0.717, 1.165) is 12.8 Å². The Kier molecular flexibility index (Phi) is 4.93. The van der Waals surface area contributed by atoms with Gasteiger partial charge in [-0.15, -0.1) is 0 Å². The van der Waals surface area contributed by atoms with E-state index in [1.54, 1.807) is 0 Å². The largest absolute Gasteiger partial charge is 0.459 e. The van der Waals surface area contributed by atoms with E-state index in [0.29, 0.717) is 19.5 Å². The van der Waals surface area contributed by atoms with Crippen LogP contribution in [0.4, 0.5) is 0 Å². The summed E-state index contributed by atoms with van der Waals surface area (Å²) >= 11 is 16.8. The van der Waals surface area contributed by atoms with Crippen molar-refractivity contribution >= 4 is 46.7 Å². The predicted molar refractivity (Wildman–Crippen MR) is 90.4 cm³/mol. The van der Waals surface area contributed by atoms with E-state index < -0.39 is 21.3 Å². The molecule has 3 atom stereocenters. The highest BCUT2D eigenvalue weighted by Crippen LogP contribution is 2.72. The summed E-state index contributed by atoms with van der Waals surface area (Å²) in [5.74, 6) is -0.932. The second-order valence-electron chi connectivity index (χ2n) is 7.26. The molecule has 0 aromatic carbocycles. The number of alkyl halides is 3. The van der Waals surface area contributed by atoms with Crippen molar-refractivity contribution in [1.29, 1.82) is 0 Å². The fraction of sp³-hybridized carbons (Fsp3) is 0.867. The van der Waals surface area contributed by atoms with Gasteiger partial charge in [-0.1, -0.05) is 55.6 Å². The molecule has 3 N–H and O–H groups in total. The Morgan fingerprint density at radius 1 is 1.26 bits per heavy atom. The number of nitrogens with one attached hydrogen (secondary N) is 1. The third-order valence-electron chi connectivity index (χ3n) is 6.29. The van der Waals surface area contributed by atoms with Crippen molar-refractivity contribution in [2.24, 2.45) is 22.0 Å². The van der Waals surface area contributed by atoms with Gasteiger partial charge in [0.1, 0.15) is 6.10 Å².